The lowest BCUT2D eigenvalue weighted by Crippen LogP contribution is -2.45. The molecule has 2 aliphatic rings. The Labute approximate surface area is 181 Å². The first kappa shape index (κ1) is 22.8. The van der Waals surface area contributed by atoms with Crippen molar-refractivity contribution in [2.45, 2.75) is 51.7 Å². The monoisotopic (exact) mass is 430 g/mol. The number of benzene rings is 1. The van der Waals surface area contributed by atoms with Gasteiger partial charge in [0, 0.05) is 19.5 Å². The van der Waals surface area contributed by atoms with Crippen LogP contribution in [0.5, 0.6) is 0 Å². The zero-order chi connectivity index (χ0) is 22.4. The van der Waals surface area contributed by atoms with Gasteiger partial charge in [0.25, 0.3) is 11.8 Å². The van der Waals surface area contributed by atoms with E-state index in [-0.39, 0.29) is 23.9 Å². The molecule has 0 bridgehead atoms. The predicted octanol–water partition coefficient (Wildman–Crippen LogP) is 2.32. The van der Waals surface area contributed by atoms with Crippen molar-refractivity contribution in [2.24, 2.45) is 5.92 Å². The van der Waals surface area contributed by atoms with E-state index in [0.717, 1.165) is 31.2 Å². The summed E-state index contributed by atoms with van der Waals surface area (Å²) in [6.07, 6.45) is 4.10. The first-order valence-corrected chi connectivity index (χ1v) is 10.7. The molecule has 3 N–H and O–H groups in total. The third kappa shape index (κ3) is 6.30. The summed E-state index contributed by atoms with van der Waals surface area (Å²) in [4.78, 5) is 37.1. The first-order valence-electron chi connectivity index (χ1n) is 10.7. The third-order valence-corrected chi connectivity index (χ3v) is 5.91. The van der Waals surface area contributed by atoms with Gasteiger partial charge in [-0.15, -0.1) is 0 Å². The molecule has 1 aliphatic heterocycles. The van der Waals surface area contributed by atoms with Crippen LogP contribution in [0.1, 0.15) is 43.2 Å². The zero-order valence-electron chi connectivity index (χ0n) is 17.8. The van der Waals surface area contributed by atoms with E-state index in [4.69, 9.17) is 9.84 Å². The van der Waals surface area contributed by atoms with Crippen LogP contribution in [0.25, 0.3) is 0 Å². The molecule has 1 aliphatic carbocycles. The third-order valence-electron chi connectivity index (χ3n) is 5.91. The number of carbonyl (C=O) groups is 3. The van der Waals surface area contributed by atoms with Gasteiger partial charge in [-0.05, 0) is 44.1 Å². The van der Waals surface area contributed by atoms with E-state index in [9.17, 15) is 19.5 Å². The summed E-state index contributed by atoms with van der Waals surface area (Å²) in [5.74, 6) is -2.56. The second-order valence-corrected chi connectivity index (χ2v) is 8.34. The standard InChI is InChI=1S/C23H30N2O6/c1-15-2-4-17(5-3-15)14-31-18-8-6-16(7-9-18)13-25-11-10-19(26)21(23(25)30)22(29)24-12-20(27)28/h2-5,16,18,26H,6-14H2,1H3,(H,24,29)(H,27,28). The Morgan fingerprint density at radius 1 is 1.16 bits per heavy atom. The van der Waals surface area contributed by atoms with E-state index in [1.54, 1.807) is 4.90 Å². The molecule has 0 aromatic heterocycles. The predicted molar refractivity (Wildman–Crippen MR) is 113 cm³/mol. The highest BCUT2D eigenvalue weighted by molar-refractivity contribution is 6.19. The molecule has 0 unspecified atom stereocenters. The van der Waals surface area contributed by atoms with E-state index < -0.39 is 24.3 Å². The molecule has 168 valence electrons. The molecular formula is C23H30N2O6. The van der Waals surface area contributed by atoms with Crippen LogP contribution < -0.4 is 5.32 Å². The summed E-state index contributed by atoms with van der Waals surface area (Å²) in [5.41, 5.74) is 2.04. The van der Waals surface area contributed by atoms with Gasteiger partial charge in [0.2, 0.25) is 0 Å². The van der Waals surface area contributed by atoms with Crippen LogP contribution in [0.4, 0.5) is 0 Å². The number of aliphatic hydroxyl groups excluding tert-OH is 1. The molecule has 1 fully saturated rings. The topological polar surface area (TPSA) is 116 Å². The van der Waals surface area contributed by atoms with Crippen molar-refractivity contribution >= 4 is 17.8 Å². The van der Waals surface area contributed by atoms with E-state index in [0.29, 0.717) is 25.6 Å². The molecule has 0 saturated heterocycles. The van der Waals surface area contributed by atoms with E-state index in [1.165, 1.54) is 5.56 Å². The Balaban J connectivity index is 1.46. The first-order chi connectivity index (χ1) is 14.8. The minimum Gasteiger partial charge on any atom is -0.511 e. The van der Waals surface area contributed by atoms with E-state index in [1.807, 2.05) is 0 Å². The number of nitrogens with zero attached hydrogens (tertiary/aromatic N) is 1. The number of aryl methyl sites for hydroxylation is 1. The lowest BCUT2D eigenvalue weighted by Gasteiger charge is -2.34. The molecule has 0 spiro atoms. The number of hydrogen-bond acceptors (Lipinski definition) is 5. The lowest BCUT2D eigenvalue weighted by atomic mass is 9.86. The number of carboxylic acid groups (broad SMARTS) is 1. The highest BCUT2D eigenvalue weighted by Crippen LogP contribution is 2.29. The largest absolute Gasteiger partial charge is 0.511 e. The fourth-order valence-corrected chi connectivity index (χ4v) is 4.09. The van der Waals surface area contributed by atoms with Crippen LogP contribution in [0, 0.1) is 12.8 Å². The molecule has 1 heterocycles. The second-order valence-electron chi connectivity index (χ2n) is 8.34. The number of aliphatic carboxylic acids is 1. The minimum absolute atomic E-state index is 0.191. The number of hydrogen-bond donors (Lipinski definition) is 3. The highest BCUT2D eigenvalue weighted by Gasteiger charge is 2.34. The van der Waals surface area contributed by atoms with Gasteiger partial charge >= 0.3 is 5.97 Å². The molecule has 0 atom stereocenters. The van der Waals surface area contributed by atoms with Crippen LogP contribution in [-0.2, 0) is 25.7 Å². The Hall–Kier alpha value is -2.87. The fraction of sp³-hybridized carbons (Fsp3) is 0.522. The molecule has 31 heavy (non-hydrogen) atoms. The summed E-state index contributed by atoms with van der Waals surface area (Å²) < 4.78 is 6.06. The summed E-state index contributed by atoms with van der Waals surface area (Å²) in [6, 6.07) is 8.31. The average Bonchev–Trinajstić information content (AvgIpc) is 2.75. The number of carbonyl (C=O) groups excluding carboxylic acids is 2. The van der Waals surface area contributed by atoms with Crippen molar-refractivity contribution in [1.82, 2.24) is 10.2 Å². The minimum atomic E-state index is -1.21. The van der Waals surface area contributed by atoms with Crippen LogP contribution in [0.15, 0.2) is 35.6 Å². The number of nitrogens with one attached hydrogen (secondary N) is 1. The van der Waals surface area contributed by atoms with Crippen LogP contribution >= 0.6 is 0 Å². The number of carboxylic acids is 1. The Bertz CT molecular complexity index is 840. The van der Waals surface area contributed by atoms with Gasteiger partial charge in [-0.3, -0.25) is 14.4 Å². The lowest BCUT2D eigenvalue weighted by molar-refractivity contribution is -0.138. The maximum Gasteiger partial charge on any atom is 0.322 e. The second kappa shape index (κ2) is 10.4. The number of ether oxygens (including phenoxy) is 1. The van der Waals surface area contributed by atoms with Crippen LogP contribution in [0.2, 0.25) is 0 Å². The van der Waals surface area contributed by atoms with Gasteiger partial charge in [-0.25, -0.2) is 0 Å². The van der Waals surface area contributed by atoms with Crippen LogP contribution in [0.3, 0.4) is 0 Å². The van der Waals surface area contributed by atoms with Gasteiger partial charge in [-0.1, -0.05) is 29.8 Å². The smallest absolute Gasteiger partial charge is 0.322 e. The molecular weight excluding hydrogens is 400 g/mol. The molecule has 3 rings (SSSR count). The number of amides is 2. The van der Waals surface area contributed by atoms with Crippen molar-refractivity contribution in [3.05, 3.63) is 46.7 Å². The average molecular weight is 431 g/mol. The van der Waals surface area contributed by atoms with E-state index >= 15 is 0 Å². The molecule has 1 saturated carbocycles. The number of aliphatic hydroxyl groups is 1. The van der Waals surface area contributed by atoms with E-state index in [2.05, 4.69) is 36.5 Å². The van der Waals surface area contributed by atoms with Crippen molar-refractivity contribution in [2.75, 3.05) is 19.6 Å². The van der Waals surface area contributed by atoms with Gasteiger partial charge in [-0.2, -0.15) is 0 Å². The molecule has 8 nitrogen and oxygen atoms in total. The molecule has 8 heteroatoms. The zero-order valence-corrected chi connectivity index (χ0v) is 17.8. The molecule has 2 amide bonds. The van der Waals surface area contributed by atoms with Crippen molar-refractivity contribution in [1.29, 1.82) is 0 Å². The maximum atomic E-state index is 12.7. The SMILES string of the molecule is Cc1ccc(COC2CCC(CN3CCC(O)=C(C(=O)NCC(=O)O)C3=O)CC2)cc1. The van der Waals surface area contributed by atoms with Gasteiger partial charge < -0.3 is 25.2 Å². The van der Waals surface area contributed by atoms with Gasteiger partial charge in [0.05, 0.1) is 12.7 Å². The molecule has 1 aromatic carbocycles. The summed E-state index contributed by atoms with van der Waals surface area (Å²) in [6.45, 7) is 2.92. The Morgan fingerprint density at radius 2 is 1.84 bits per heavy atom. The van der Waals surface area contributed by atoms with Gasteiger partial charge in [0.1, 0.15) is 17.9 Å². The Morgan fingerprint density at radius 3 is 2.48 bits per heavy atom. The molecule has 1 aromatic rings. The van der Waals surface area contributed by atoms with Crippen molar-refractivity contribution in [3.63, 3.8) is 0 Å². The van der Waals surface area contributed by atoms with Gasteiger partial charge in [0.15, 0.2) is 0 Å². The number of rotatable bonds is 8. The van der Waals surface area contributed by atoms with Crippen molar-refractivity contribution in [3.8, 4) is 0 Å². The summed E-state index contributed by atoms with van der Waals surface area (Å²) >= 11 is 0. The Kier molecular flexibility index (Phi) is 7.68. The normalized spacial score (nSPS) is 21.8. The highest BCUT2D eigenvalue weighted by atomic mass is 16.5. The van der Waals surface area contributed by atoms with Crippen LogP contribution in [-0.4, -0.2) is 58.6 Å². The maximum absolute atomic E-state index is 12.7. The molecule has 0 radical (unpaired) electrons. The fourth-order valence-electron chi connectivity index (χ4n) is 4.09. The summed E-state index contributed by atoms with van der Waals surface area (Å²) in [5, 5.41) is 20.9. The summed E-state index contributed by atoms with van der Waals surface area (Å²) in [7, 11) is 0. The van der Waals surface area contributed by atoms with Crippen molar-refractivity contribution < 1.29 is 29.3 Å². The quantitative estimate of drug-likeness (QED) is 0.545.